The van der Waals surface area contributed by atoms with Crippen molar-refractivity contribution in [1.82, 2.24) is 4.72 Å². The van der Waals surface area contributed by atoms with E-state index in [4.69, 9.17) is 16.3 Å². The van der Waals surface area contributed by atoms with Gasteiger partial charge in [0.1, 0.15) is 0 Å². The molecular weight excluding hydrogens is 428 g/mol. The number of carbonyl (C=O) groups excluding carboxylic acids is 2. The molecule has 1 amide bonds. The minimum absolute atomic E-state index is 0.0635. The van der Waals surface area contributed by atoms with E-state index in [1.807, 2.05) is 0 Å². The second-order valence-corrected chi connectivity index (χ2v) is 9.16. The molecule has 9 heteroatoms. The highest BCUT2D eigenvalue weighted by Gasteiger charge is 2.27. The van der Waals surface area contributed by atoms with Gasteiger partial charge in [0.2, 0.25) is 15.9 Å². The molecule has 2 aromatic rings. The summed E-state index contributed by atoms with van der Waals surface area (Å²) < 4.78 is 33.5. The summed E-state index contributed by atoms with van der Waals surface area (Å²) >= 11 is 6.24. The SMILES string of the molecule is COC(=O)CC(NS(=O)(=O)c1ccc2c(c1)CCCN2C(C)=O)c1ccccc1Cl. The van der Waals surface area contributed by atoms with E-state index in [0.717, 1.165) is 17.7 Å². The number of benzene rings is 2. The lowest BCUT2D eigenvalue weighted by Crippen LogP contribution is -2.34. The van der Waals surface area contributed by atoms with Gasteiger partial charge < -0.3 is 9.64 Å². The number of sulfonamides is 1. The van der Waals surface area contributed by atoms with Crippen LogP contribution in [0.2, 0.25) is 5.02 Å². The Morgan fingerprint density at radius 2 is 1.97 bits per heavy atom. The van der Waals surface area contributed by atoms with Gasteiger partial charge in [0.05, 0.1) is 24.5 Å². The third-order valence-electron chi connectivity index (χ3n) is 5.04. The van der Waals surface area contributed by atoms with Crippen LogP contribution in [0.1, 0.15) is 36.9 Å². The van der Waals surface area contributed by atoms with Crippen molar-refractivity contribution in [3.05, 3.63) is 58.6 Å². The van der Waals surface area contributed by atoms with Gasteiger partial charge in [-0.3, -0.25) is 9.59 Å². The van der Waals surface area contributed by atoms with Gasteiger partial charge in [-0.05, 0) is 48.2 Å². The van der Waals surface area contributed by atoms with Crippen LogP contribution in [0.15, 0.2) is 47.4 Å². The van der Waals surface area contributed by atoms with Crippen molar-refractivity contribution in [2.75, 3.05) is 18.6 Å². The molecule has 7 nitrogen and oxygen atoms in total. The minimum atomic E-state index is -3.97. The maximum atomic E-state index is 13.1. The molecule has 1 unspecified atom stereocenters. The Kier molecular flexibility index (Phi) is 6.80. The maximum absolute atomic E-state index is 13.1. The largest absolute Gasteiger partial charge is 0.469 e. The van der Waals surface area contributed by atoms with Crippen LogP contribution >= 0.6 is 11.6 Å². The van der Waals surface area contributed by atoms with Gasteiger partial charge in [-0.1, -0.05) is 29.8 Å². The van der Waals surface area contributed by atoms with E-state index in [0.29, 0.717) is 23.6 Å². The zero-order valence-corrected chi connectivity index (χ0v) is 18.3. The van der Waals surface area contributed by atoms with Crippen molar-refractivity contribution in [3.63, 3.8) is 0 Å². The highest BCUT2D eigenvalue weighted by molar-refractivity contribution is 7.89. The number of ether oxygens (including phenoxy) is 1. The number of amides is 1. The van der Waals surface area contributed by atoms with Crippen molar-refractivity contribution in [3.8, 4) is 0 Å². The predicted octanol–water partition coefficient (Wildman–Crippen LogP) is 3.22. The molecule has 1 aliphatic heterocycles. The number of anilines is 1. The fraction of sp³-hybridized carbons (Fsp3) is 0.333. The minimum Gasteiger partial charge on any atom is -0.469 e. The van der Waals surface area contributed by atoms with Crippen molar-refractivity contribution in [2.24, 2.45) is 0 Å². The zero-order valence-electron chi connectivity index (χ0n) is 16.7. The molecule has 0 saturated heterocycles. The van der Waals surface area contributed by atoms with Crippen LogP contribution in [-0.4, -0.2) is 33.9 Å². The molecule has 0 bridgehead atoms. The zero-order chi connectivity index (χ0) is 21.9. The van der Waals surface area contributed by atoms with Crippen molar-refractivity contribution < 1.29 is 22.7 Å². The lowest BCUT2D eigenvalue weighted by Gasteiger charge is -2.29. The molecule has 3 rings (SSSR count). The number of hydrogen-bond donors (Lipinski definition) is 1. The van der Waals surface area contributed by atoms with Crippen LogP contribution in [0.4, 0.5) is 5.69 Å². The third-order valence-corrected chi connectivity index (χ3v) is 6.85. The van der Waals surface area contributed by atoms with Crippen LogP contribution in [0.25, 0.3) is 0 Å². The van der Waals surface area contributed by atoms with E-state index in [-0.39, 0.29) is 17.2 Å². The highest BCUT2D eigenvalue weighted by Crippen LogP contribution is 2.31. The van der Waals surface area contributed by atoms with Crippen molar-refractivity contribution in [2.45, 2.75) is 37.1 Å². The first-order chi connectivity index (χ1) is 14.2. The fourth-order valence-corrected chi connectivity index (χ4v) is 5.08. The summed E-state index contributed by atoms with van der Waals surface area (Å²) in [7, 11) is -2.73. The normalized spacial score (nSPS) is 14.7. The molecule has 1 aliphatic rings. The number of methoxy groups -OCH3 is 1. The lowest BCUT2D eigenvalue weighted by atomic mass is 10.0. The van der Waals surface area contributed by atoms with Crippen molar-refractivity contribution in [1.29, 1.82) is 0 Å². The Balaban J connectivity index is 1.94. The predicted molar refractivity (Wildman–Crippen MR) is 114 cm³/mol. The monoisotopic (exact) mass is 450 g/mol. The fourth-order valence-electron chi connectivity index (χ4n) is 3.55. The standard InChI is InChI=1S/C21H23ClN2O5S/c1-14(25)24-11-5-6-15-12-16(9-10-20(15)24)30(27,28)23-19(13-21(26)29-2)17-7-3-4-8-18(17)22/h3-4,7-10,12,19,23H,5-6,11,13H2,1-2H3. The maximum Gasteiger partial charge on any atom is 0.307 e. The van der Waals surface area contributed by atoms with Crippen LogP contribution in [0.5, 0.6) is 0 Å². The molecule has 2 aromatic carbocycles. The molecule has 1 heterocycles. The van der Waals surface area contributed by atoms with Gasteiger partial charge >= 0.3 is 5.97 Å². The van der Waals surface area contributed by atoms with Crippen LogP contribution < -0.4 is 9.62 Å². The summed E-state index contributed by atoms with van der Waals surface area (Å²) in [6.07, 6.45) is 1.23. The number of halogens is 1. The molecular formula is C21H23ClN2O5S. The summed E-state index contributed by atoms with van der Waals surface area (Å²) in [5.74, 6) is -0.647. The second-order valence-electron chi connectivity index (χ2n) is 7.04. The summed E-state index contributed by atoms with van der Waals surface area (Å²) in [6, 6.07) is 10.5. The number of nitrogens with one attached hydrogen (secondary N) is 1. The van der Waals surface area contributed by atoms with Crippen LogP contribution in [-0.2, 0) is 30.8 Å². The first-order valence-electron chi connectivity index (χ1n) is 9.47. The Bertz CT molecular complexity index is 1070. The summed E-state index contributed by atoms with van der Waals surface area (Å²) in [6.45, 7) is 2.10. The Labute approximate surface area is 181 Å². The van der Waals surface area contributed by atoms with Crippen LogP contribution in [0, 0.1) is 0 Å². The first-order valence-corrected chi connectivity index (χ1v) is 11.3. The molecule has 0 fully saturated rings. The topological polar surface area (TPSA) is 92.8 Å². The van der Waals surface area contributed by atoms with Gasteiger partial charge in [-0.15, -0.1) is 0 Å². The molecule has 0 saturated carbocycles. The molecule has 0 aromatic heterocycles. The number of fused-ring (bicyclic) bond motifs is 1. The smallest absolute Gasteiger partial charge is 0.307 e. The van der Waals surface area contributed by atoms with E-state index >= 15 is 0 Å². The van der Waals surface area contributed by atoms with Gasteiger partial charge in [0.25, 0.3) is 0 Å². The summed E-state index contributed by atoms with van der Waals surface area (Å²) in [5, 5.41) is 0.344. The number of esters is 1. The summed E-state index contributed by atoms with van der Waals surface area (Å²) in [4.78, 5) is 25.4. The first kappa shape index (κ1) is 22.3. The van der Waals surface area contributed by atoms with Gasteiger partial charge in [0.15, 0.2) is 0 Å². The third kappa shape index (κ3) is 4.83. The van der Waals surface area contributed by atoms with Gasteiger partial charge in [0, 0.05) is 24.2 Å². The quantitative estimate of drug-likeness (QED) is 0.682. The average Bonchev–Trinajstić information content (AvgIpc) is 2.72. The second kappa shape index (κ2) is 9.16. The van der Waals surface area contributed by atoms with Crippen molar-refractivity contribution >= 4 is 39.2 Å². The number of carbonyl (C=O) groups is 2. The lowest BCUT2D eigenvalue weighted by molar-refractivity contribution is -0.141. The van der Waals surface area contributed by atoms with Crippen LogP contribution in [0.3, 0.4) is 0 Å². The Morgan fingerprint density at radius 3 is 2.63 bits per heavy atom. The van der Waals surface area contributed by atoms with E-state index in [1.165, 1.54) is 20.1 Å². The Hall–Kier alpha value is -2.42. The molecule has 30 heavy (non-hydrogen) atoms. The van der Waals surface area contributed by atoms with E-state index in [9.17, 15) is 18.0 Å². The average molecular weight is 451 g/mol. The number of nitrogens with zero attached hydrogens (tertiary/aromatic N) is 1. The van der Waals surface area contributed by atoms with Gasteiger partial charge in [-0.25, -0.2) is 13.1 Å². The van der Waals surface area contributed by atoms with E-state index < -0.39 is 22.0 Å². The highest BCUT2D eigenvalue weighted by atomic mass is 35.5. The number of hydrogen-bond acceptors (Lipinski definition) is 5. The molecule has 160 valence electrons. The summed E-state index contributed by atoms with van der Waals surface area (Å²) in [5.41, 5.74) is 2.00. The number of rotatable bonds is 6. The van der Waals surface area contributed by atoms with E-state index in [2.05, 4.69) is 4.72 Å². The molecule has 0 spiro atoms. The molecule has 1 N–H and O–H groups in total. The number of aryl methyl sites for hydroxylation is 1. The molecule has 1 atom stereocenters. The van der Waals surface area contributed by atoms with E-state index in [1.54, 1.807) is 41.3 Å². The van der Waals surface area contributed by atoms with Gasteiger partial charge in [-0.2, -0.15) is 0 Å². The Morgan fingerprint density at radius 1 is 1.23 bits per heavy atom. The molecule has 0 aliphatic carbocycles. The molecule has 0 radical (unpaired) electrons.